The molecule has 346 valence electrons. The molecule has 1 saturated carbocycles. The molecule has 4 aromatic carbocycles. The summed E-state index contributed by atoms with van der Waals surface area (Å²) in [5, 5.41) is 24.5. The predicted octanol–water partition coefficient (Wildman–Crippen LogP) is 9.66. The molecular weight excluding hydrogens is 835 g/mol. The van der Waals surface area contributed by atoms with E-state index in [0.717, 1.165) is 42.4 Å². The van der Waals surface area contributed by atoms with E-state index in [1.165, 1.54) is 25.3 Å². The number of carbonyl (C=O) groups is 1. The van der Waals surface area contributed by atoms with Crippen LogP contribution in [-0.4, -0.2) is 78.9 Å². The monoisotopic (exact) mass is 894 g/mol. The fraction of sp³-hybridized carbons (Fsp3) is 0.423. The minimum absolute atomic E-state index is 0.00608. The number of carbonyl (C=O) groups excluding carboxylic acids is 1. The summed E-state index contributed by atoms with van der Waals surface area (Å²) in [5.74, 6) is -2.23. The Morgan fingerprint density at radius 1 is 0.908 bits per heavy atom. The number of aliphatic hydroxyl groups is 2. The Hall–Kier alpha value is -5.60. The summed E-state index contributed by atoms with van der Waals surface area (Å²) >= 11 is 0. The van der Waals surface area contributed by atoms with Crippen LogP contribution < -0.4 is 9.47 Å². The predicted molar refractivity (Wildman–Crippen MR) is 242 cm³/mol. The summed E-state index contributed by atoms with van der Waals surface area (Å²) in [6.07, 6.45) is 7.64. The van der Waals surface area contributed by atoms with Gasteiger partial charge in [0, 0.05) is 43.2 Å². The number of oxime groups is 1. The number of halogens is 2. The van der Waals surface area contributed by atoms with E-state index in [4.69, 9.17) is 28.5 Å². The second-order valence-electron chi connectivity index (χ2n) is 16.7. The molecule has 6 unspecified atom stereocenters. The number of fused-ring (bicyclic) bond motifs is 2. The summed E-state index contributed by atoms with van der Waals surface area (Å²) < 4.78 is 61.6. The molecule has 1 aliphatic heterocycles. The molecule has 65 heavy (non-hydrogen) atoms. The van der Waals surface area contributed by atoms with Crippen molar-refractivity contribution < 1.29 is 52.3 Å². The second-order valence-corrected chi connectivity index (χ2v) is 16.7. The van der Waals surface area contributed by atoms with Gasteiger partial charge in [-0.3, -0.25) is 4.90 Å². The Morgan fingerprint density at radius 2 is 1.66 bits per heavy atom. The highest BCUT2D eigenvalue weighted by Crippen LogP contribution is 2.62. The molecule has 4 aromatic rings. The first-order valence-electron chi connectivity index (χ1n) is 22.6. The van der Waals surface area contributed by atoms with Crippen molar-refractivity contribution in [2.75, 3.05) is 40.1 Å². The van der Waals surface area contributed by atoms with Gasteiger partial charge >= 0.3 is 6.09 Å². The first-order chi connectivity index (χ1) is 31.8. The molecule has 7 rings (SSSR count). The lowest BCUT2D eigenvalue weighted by molar-refractivity contribution is -0.256. The number of allylic oxidation sites excluding steroid dienone is 1. The number of benzene rings is 4. The average Bonchev–Trinajstić information content (AvgIpc) is 3.32. The van der Waals surface area contributed by atoms with Gasteiger partial charge in [0.15, 0.2) is 0 Å². The van der Waals surface area contributed by atoms with Crippen LogP contribution in [0, 0.1) is 29.4 Å². The van der Waals surface area contributed by atoms with E-state index in [9.17, 15) is 23.8 Å². The third-order valence-corrected chi connectivity index (χ3v) is 12.6. The number of aliphatic hydroxyl groups excluding tert-OH is 2. The third kappa shape index (κ3) is 11.3. The Labute approximate surface area is 380 Å². The van der Waals surface area contributed by atoms with Crippen molar-refractivity contribution in [3.8, 4) is 11.5 Å². The van der Waals surface area contributed by atoms with Crippen molar-refractivity contribution in [1.29, 1.82) is 0 Å². The molecular formula is C52H60F2N2O9. The summed E-state index contributed by atoms with van der Waals surface area (Å²) in [6.45, 7) is 4.63. The van der Waals surface area contributed by atoms with Crippen molar-refractivity contribution in [2.24, 2.45) is 22.9 Å². The lowest BCUT2D eigenvalue weighted by atomic mass is 9.55. The van der Waals surface area contributed by atoms with Gasteiger partial charge < -0.3 is 38.7 Å². The number of hydrogen-bond acceptors (Lipinski definition) is 10. The molecule has 2 aliphatic carbocycles. The van der Waals surface area contributed by atoms with Crippen LogP contribution in [0.15, 0.2) is 127 Å². The van der Waals surface area contributed by atoms with Gasteiger partial charge in [-0.25, -0.2) is 13.6 Å². The first kappa shape index (κ1) is 47.4. The van der Waals surface area contributed by atoms with E-state index in [1.54, 1.807) is 47.4 Å². The molecule has 11 nitrogen and oxygen atoms in total. The fourth-order valence-corrected chi connectivity index (χ4v) is 9.75. The zero-order chi connectivity index (χ0) is 45.6. The van der Waals surface area contributed by atoms with E-state index >= 15 is 0 Å². The van der Waals surface area contributed by atoms with Gasteiger partial charge in [-0.2, -0.15) is 0 Å². The molecule has 0 saturated heterocycles. The maximum atomic E-state index is 14.8. The molecule has 0 bridgehead atoms. The van der Waals surface area contributed by atoms with Gasteiger partial charge in [-0.1, -0.05) is 90.8 Å². The van der Waals surface area contributed by atoms with Gasteiger partial charge in [0.25, 0.3) is 0 Å². The third-order valence-electron chi connectivity index (χ3n) is 12.6. The zero-order valence-corrected chi connectivity index (χ0v) is 37.0. The molecule has 0 spiro atoms. The zero-order valence-electron chi connectivity index (χ0n) is 37.0. The maximum Gasteiger partial charge on any atom is 0.410 e. The molecule has 2 N–H and O–H groups in total. The molecule has 13 heteroatoms. The Kier molecular flexibility index (Phi) is 16.8. The molecule has 6 atom stereocenters. The van der Waals surface area contributed by atoms with Crippen molar-refractivity contribution in [3.63, 3.8) is 0 Å². The molecule has 0 radical (unpaired) electrons. The number of nitrogens with zero attached hydrogens (tertiary/aromatic N) is 2. The number of unbranched alkanes of at least 4 members (excludes halogenated alkanes) is 2. The van der Waals surface area contributed by atoms with Crippen LogP contribution in [0.5, 0.6) is 11.5 Å². The lowest BCUT2D eigenvalue weighted by Crippen LogP contribution is -2.70. The van der Waals surface area contributed by atoms with Crippen molar-refractivity contribution in [1.82, 2.24) is 4.90 Å². The van der Waals surface area contributed by atoms with E-state index in [2.05, 4.69) is 17.8 Å². The average molecular weight is 895 g/mol. The van der Waals surface area contributed by atoms with E-state index in [0.29, 0.717) is 47.8 Å². The smallest absolute Gasteiger partial charge is 0.410 e. The van der Waals surface area contributed by atoms with Crippen LogP contribution in [0.3, 0.4) is 0 Å². The Balaban J connectivity index is 1.35. The van der Waals surface area contributed by atoms with E-state index in [1.807, 2.05) is 42.5 Å². The highest BCUT2D eigenvalue weighted by atomic mass is 19.1. The summed E-state index contributed by atoms with van der Waals surface area (Å²) in [6, 6.07) is 26.9. The normalized spacial score (nSPS) is 22.5. The fourth-order valence-electron chi connectivity index (χ4n) is 9.75. The van der Waals surface area contributed by atoms with E-state index in [-0.39, 0.29) is 76.2 Å². The largest absolute Gasteiger partial charge is 0.489 e. The summed E-state index contributed by atoms with van der Waals surface area (Å²) in [4.78, 5) is 21.9. The topological polar surface area (TPSA) is 129 Å². The number of amides is 1. The minimum atomic E-state index is -1.56. The van der Waals surface area contributed by atoms with Crippen LogP contribution in [0.1, 0.15) is 73.1 Å². The first-order valence-corrected chi connectivity index (χ1v) is 22.6. The summed E-state index contributed by atoms with van der Waals surface area (Å²) in [7, 11) is 1.49. The molecule has 1 fully saturated rings. The molecule has 0 aromatic heterocycles. The molecule has 1 amide bonds. The summed E-state index contributed by atoms with van der Waals surface area (Å²) in [5.41, 5.74) is 4.36. The van der Waals surface area contributed by atoms with Crippen molar-refractivity contribution in [2.45, 2.75) is 82.5 Å². The van der Waals surface area contributed by atoms with Gasteiger partial charge in [-0.05, 0) is 90.6 Å². The van der Waals surface area contributed by atoms with Crippen molar-refractivity contribution in [3.05, 3.63) is 155 Å². The number of rotatable bonds is 23. The molecule has 1 heterocycles. The number of ether oxygens (including phenoxy) is 5. The second kappa shape index (κ2) is 23.0. The molecule has 3 aliphatic rings. The van der Waals surface area contributed by atoms with Gasteiger partial charge in [-0.15, -0.1) is 6.58 Å². The number of hydrogen-bond donors (Lipinski definition) is 2. The van der Waals surface area contributed by atoms with Crippen LogP contribution in [0.25, 0.3) is 0 Å². The Bertz CT molecular complexity index is 2240. The van der Waals surface area contributed by atoms with E-state index < -0.39 is 29.7 Å². The van der Waals surface area contributed by atoms with Crippen LogP contribution in [0.4, 0.5) is 13.6 Å². The SMILES string of the molecule is C=CCOC12Oc3ccc(OCc4ccccc4F)cc3C3C(CCCCO)C(CCCCO)C=C(C(=NOC)CC1N(Cc1ccc(F)cc1)C(=O)OCCOCc1ccccc1)C32. The Morgan fingerprint density at radius 3 is 2.40 bits per heavy atom. The van der Waals surface area contributed by atoms with Crippen LogP contribution in [0.2, 0.25) is 0 Å². The highest BCUT2D eigenvalue weighted by Gasteiger charge is 2.65. The van der Waals surface area contributed by atoms with Crippen molar-refractivity contribution >= 4 is 11.8 Å². The highest BCUT2D eigenvalue weighted by molar-refractivity contribution is 6.03. The van der Waals surface area contributed by atoms with Crippen LogP contribution >= 0.6 is 0 Å². The minimum Gasteiger partial charge on any atom is -0.489 e. The van der Waals surface area contributed by atoms with Gasteiger partial charge in [0.05, 0.1) is 31.5 Å². The van der Waals surface area contributed by atoms with Gasteiger partial charge in [0.1, 0.15) is 49.5 Å². The lowest BCUT2D eigenvalue weighted by Gasteiger charge is -2.59. The maximum absolute atomic E-state index is 14.8. The van der Waals surface area contributed by atoms with Gasteiger partial charge in [0.2, 0.25) is 5.79 Å². The van der Waals surface area contributed by atoms with Crippen LogP contribution in [-0.2, 0) is 38.8 Å². The standard InChI is InChI=1S/C52H60F2N2O9/c1-3-27-64-52-48(56(33-36-19-21-40(53)22-20-36)51(59)62-29-28-61-34-37-13-5-4-6-14-37)32-46(55-60-2)43-30-38(15-9-11-25-57)42(17-10-12-26-58)49(50(43)52)44-31-41(23-24-47(44)65-52)63-35-39-16-7-8-18-45(39)54/h3-8,13-14,16,18-24,30-31,38,42,48-50,57-58H,1,9-12,15,17,25-29,32-35H2,2H3. The quantitative estimate of drug-likeness (QED) is 0.0425.